The molecule has 0 aliphatic carbocycles. The van der Waals surface area contributed by atoms with Crippen LogP contribution in [0.3, 0.4) is 0 Å². The summed E-state index contributed by atoms with van der Waals surface area (Å²) >= 11 is 7.53. The molecule has 5 nitrogen and oxygen atoms in total. The summed E-state index contributed by atoms with van der Waals surface area (Å²) in [4.78, 5) is 5.40. The Labute approximate surface area is 166 Å². The van der Waals surface area contributed by atoms with Crippen molar-refractivity contribution in [2.24, 2.45) is 11.8 Å². The molecule has 144 valence electrons. The topological polar surface area (TPSA) is 43.7 Å². The van der Waals surface area contributed by atoms with Crippen molar-refractivity contribution >= 4 is 29.1 Å². The van der Waals surface area contributed by atoms with E-state index in [1.54, 1.807) is 6.26 Å². The zero-order chi connectivity index (χ0) is 17.8. The molecule has 4 atom stereocenters. The van der Waals surface area contributed by atoms with Crippen LogP contribution in [0.15, 0.2) is 22.8 Å². The Morgan fingerprint density at radius 3 is 2.88 bits per heavy atom. The van der Waals surface area contributed by atoms with Crippen LogP contribution >= 0.6 is 24.0 Å². The predicted octanol–water partition coefficient (Wildman–Crippen LogP) is 2.00. The minimum Gasteiger partial charge on any atom is -0.467 e. The van der Waals surface area contributed by atoms with Crippen LogP contribution in [0.5, 0.6) is 0 Å². The fourth-order valence-electron chi connectivity index (χ4n) is 4.64. The number of thiocarbonyl (C=S) groups is 1. The molecule has 4 unspecified atom stereocenters. The van der Waals surface area contributed by atoms with Gasteiger partial charge in [0.05, 0.1) is 12.8 Å². The Bertz CT molecular complexity index is 576. The van der Waals surface area contributed by atoms with Crippen LogP contribution in [-0.4, -0.2) is 71.7 Å². The number of nitrogens with zero attached hydrogens (tertiary/aromatic N) is 2. The van der Waals surface area contributed by atoms with Gasteiger partial charge in [-0.2, -0.15) is 11.8 Å². The summed E-state index contributed by atoms with van der Waals surface area (Å²) in [6, 6.07) is 4.49. The van der Waals surface area contributed by atoms with E-state index in [4.69, 9.17) is 16.6 Å². The van der Waals surface area contributed by atoms with E-state index in [2.05, 4.69) is 32.2 Å². The lowest BCUT2D eigenvalue weighted by Gasteiger charge is -2.51. The number of furan rings is 1. The summed E-state index contributed by atoms with van der Waals surface area (Å²) in [7, 11) is 0. The van der Waals surface area contributed by atoms with E-state index in [9.17, 15) is 0 Å². The van der Waals surface area contributed by atoms with Gasteiger partial charge in [0.2, 0.25) is 0 Å². The van der Waals surface area contributed by atoms with Crippen molar-refractivity contribution in [1.82, 2.24) is 20.4 Å². The Balaban J connectivity index is 1.19. The highest BCUT2D eigenvalue weighted by molar-refractivity contribution is 7.99. The first-order valence-electron chi connectivity index (χ1n) is 9.86. The minimum atomic E-state index is 0.630. The Kier molecular flexibility index (Phi) is 6.40. The third kappa shape index (κ3) is 4.74. The third-order valence-corrected chi connectivity index (χ3v) is 7.34. The predicted molar refractivity (Wildman–Crippen MR) is 111 cm³/mol. The SMILES string of the molecule is S=C(NCc1ccco1)NCC1CC2CCN1CC2CN1CCSCC1. The maximum Gasteiger partial charge on any atom is 0.166 e. The zero-order valence-electron chi connectivity index (χ0n) is 15.4. The molecule has 1 aromatic rings. The average molecular weight is 395 g/mol. The van der Waals surface area contributed by atoms with Crippen LogP contribution in [0, 0.1) is 11.8 Å². The maximum absolute atomic E-state index is 5.42. The van der Waals surface area contributed by atoms with E-state index in [1.807, 2.05) is 12.1 Å². The summed E-state index contributed by atoms with van der Waals surface area (Å²) in [6.07, 6.45) is 4.39. The number of piperidine rings is 3. The Morgan fingerprint density at radius 1 is 1.27 bits per heavy atom. The van der Waals surface area contributed by atoms with Crippen molar-refractivity contribution in [2.75, 3.05) is 50.8 Å². The zero-order valence-corrected chi connectivity index (χ0v) is 17.0. The van der Waals surface area contributed by atoms with Crippen molar-refractivity contribution in [3.8, 4) is 0 Å². The summed E-state index contributed by atoms with van der Waals surface area (Å²) in [5.74, 6) is 5.30. The van der Waals surface area contributed by atoms with E-state index in [0.717, 1.165) is 29.3 Å². The molecule has 4 fully saturated rings. The average Bonchev–Trinajstić information content (AvgIpc) is 3.20. The van der Waals surface area contributed by atoms with Crippen molar-refractivity contribution in [2.45, 2.75) is 25.4 Å². The second-order valence-corrected chi connectivity index (χ2v) is 9.38. The molecule has 4 aliphatic rings. The Hall–Kier alpha value is -0.760. The fraction of sp³-hybridized carbons (Fsp3) is 0.737. The van der Waals surface area contributed by atoms with Gasteiger partial charge >= 0.3 is 0 Å². The molecule has 0 saturated carbocycles. The van der Waals surface area contributed by atoms with E-state index >= 15 is 0 Å². The van der Waals surface area contributed by atoms with Crippen molar-refractivity contribution in [3.63, 3.8) is 0 Å². The highest BCUT2D eigenvalue weighted by Gasteiger charge is 2.40. The molecule has 26 heavy (non-hydrogen) atoms. The molecule has 2 N–H and O–H groups in total. The van der Waals surface area contributed by atoms with E-state index in [1.165, 1.54) is 57.1 Å². The number of nitrogens with one attached hydrogen (secondary N) is 2. The van der Waals surface area contributed by atoms with Gasteiger partial charge < -0.3 is 20.0 Å². The van der Waals surface area contributed by atoms with Crippen LogP contribution in [-0.2, 0) is 6.54 Å². The molecule has 4 saturated heterocycles. The second kappa shape index (κ2) is 8.95. The van der Waals surface area contributed by atoms with Crippen molar-refractivity contribution in [1.29, 1.82) is 0 Å². The highest BCUT2D eigenvalue weighted by atomic mass is 32.2. The van der Waals surface area contributed by atoms with Crippen LogP contribution in [0.1, 0.15) is 18.6 Å². The van der Waals surface area contributed by atoms with Crippen molar-refractivity contribution in [3.05, 3.63) is 24.2 Å². The van der Waals surface area contributed by atoms with E-state index in [0.29, 0.717) is 12.6 Å². The second-order valence-electron chi connectivity index (χ2n) is 7.75. The highest BCUT2D eigenvalue weighted by Crippen LogP contribution is 2.36. The molecule has 0 radical (unpaired) electrons. The summed E-state index contributed by atoms with van der Waals surface area (Å²) in [5, 5.41) is 7.38. The maximum atomic E-state index is 5.42. The van der Waals surface area contributed by atoms with Gasteiger partial charge in [-0.05, 0) is 55.6 Å². The van der Waals surface area contributed by atoms with Gasteiger partial charge in [-0.15, -0.1) is 0 Å². The van der Waals surface area contributed by atoms with Crippen molar-refractivity contribution < 1.29 is 4.42 Å². The summed E-state index contributed by atoms with van der Waals surface area (Å²) < 4.78 is 5.33. The van der Waals surface area contributed by atoms with Crippen LogP contribution < -0.4 is 10.6 Å². The molecule has 0 amide bonds. The number of hydrogen-bond acceptors (Lipinski definition) is 5. The van der Waals surface area contributed by atoms with Gasteiger partial charge in [-0.1, -0.05) is 0 Å². The quantitative estimate of drug-likeness (QED) is 0.716. The minimum absolute atomic E-state index is 0.630. The molecule has 2 bridgehead atoms. The number of thioether (sulfide) groups is 1. The van der Waals surface area contributed by atoms with Crippen LogP contribution in [0.4, 0.5) is 0 Å². The summed E-state index contributed by atoms with van der Waals surface area (Å²) in [6.45, 7) is 8.01. The van der Waals surface area contributed by atoms with Gasteiger partial charge in [0.15, 0.2) is 5.11 Å². The normalized spacial score (nSPS) is 31.7. The van der Waals surface area contributed by atoms with Crippen LogP contribution in [0.25, 0.3) is 0 Å². The number of hydrogen-bond donors (Lipinski definition) is 2. The molecule has 4 aliphatic heterocycles. The fourth-order valence-corrected chi connectivity index (χ4v) is 5.77. The van der Waals surface area contributed by atoms with Gasteiger partial charge in [0, 0.05) is 50.3 Å². The number of rotatable bonds is 6. The molecule has 7 heteroatoms. The lowest BCUT2D eigenvalue weighted by Crippen LogP contribution is -2.59. The smallest absolute Gasteiger partial charge is 0.166 e. The standard InChI is InChI=1S/C19H30N4OS2/c25-19(21-12-18-2-1-7-24-18)20-11-17-10-15-3-4-23(17)14-16(15)13-22-5-8-26-9-6-22/h1-2,7,15-17H,3-6,8-14H2,(H2,20,21,25). The summed E-state index contributed by atoms with van der Waals surface area (Å²) in [5.41, 5.74) is 0. The molecule has 0 aromatic carbocycles. The number of fused-ring (bicyclic) bond motifs is 3. The first kappa shape index (κ1) is 18.6. The van der Waals surface area contributed by atoms with Gasteiger partial charge in [0.1, 0.15) is 5.76 Å². The largest absolute Gasteiger partial charge is 0.467 e. The molecule has 0 spiro atoms. The van der Waals surface area contributed by atoms with Gasteiger partial charge in [-0.25, -0.2) is 0 Å². The Morgan fingerprint density at radius 2 is 2.15 bits per heavy atom. The molecule has 5 heterocycles. The van der Waals surface area contributed by atoms with Gasteiger partial charge in [-0.3, -0.25) is 4.90 Å². The molecule has 5 rings (SSSR count). The third-order valence-electron chi connectivity index (χ3n) is 6.11. The lowest BCUT2D eigenvalue weighted by molar-refractivity contribution is -0.00942. The van der Waals surface area contributed by atoms with E-state index < -0.39 is 0 Å². The van der Waals surface area contributed by atoms with Gasteiger partial charge in [0.25, 0.3) is 0 Å². The molecule has 1 aromatic heterocycles. The lowest BCUT2D eigenvalue weighted by atomic mass is 9.75. The molecular weight excluding hydrogens is 364 g/mol. The first-order valence-corrected chi connectivity index (χ1v) is 11.4. The first-order chi connectivity index (χ1) is 12.8. The molecular formula is C19H30N4OS2. The monoisotopic (exact) mass is 394 g/mol. The van der Waals surface area contributed by atoms with Crippen LogP contribution in [0.2, 0.25) is 0 Å². The van der Waals surface area contributed by atoms with E-state index in [-0.39, 0.29) is 0 Å².